The first-order chi connectivity index (χ1) is 8.90. The number of nitrogens with one attached hydrogen (secondary N) is 1. The fraction of sp³-hybridized carbons (Fsp3) is 0.857. The summed E-state index contributed by atoms with van der Waals surface area (Å²) in [5.41, 5.74) is 0.104. The molecular formula is C14H24N2O3. The van der Waals surface area contributed by atoms with Crippen molar-refractivity contribution in [3.05, 3.63) is 0 Å². The minimum Gasteiger partial charge on any atom is -0.480 e. The number of carboxylic acid groups (broad SMARTS) is 1. The van der Waals surface area contributed by atoms with E-state index < -0.39 is 5.97 Å². The van der Waals surface area contributed by atoms with E-state index in [1.807, 2.05) is 0 Å². The summed E-state index contributed by atoms with van der Waals surface area (Å²) >= 11 is 0. The third kappa shape index (κ3) is 3.61. The number of amides is 2. The highest BCUT2D eigenvalue weighted by Crippen LogP contribution is 2.36. The van der Waals surface area contributed by atoms with Crippen LogP contribution in [0.3, 0.4) is 0 Å². The smallest absolute Gasteiger partial charge is 0.323 e. The van der Waals surface area contributed by atoms with Gasteiger partial charge in [-0.15, -0.1) is 0 Å². The van der Waals surface area contributed by atoms with Crippen molar-refractivity contribution in [1.82, 2.24) is 10.2 Å². The zero-order valence-electron chi connectivity index (χ0n) is 11.8. The van der Waals surface area contributed by atoms with Gasteiger partial charge >= 0.3 is 12.0 Å². The zero-order chi connectivity index (χ0) is 14.0. The standard InChI is InChI=1S/C14H24N2O3/c1-14(2)8-4-3-5-11(14)15-13(19)16(9-12(17)18)10-6-7-10/h10-11H,3-9H2,1-2H3,(H,15,19)(H,17,18). The summed E-state index contributed by atoms with van der Waals surface area (Å²) in [4.78, 5) is 24.6. The number of hydrogen-bond donors (Lipinski definition) is 2. The van der Waals surface area contributed by atoms with Gasteiger partial charge in [0.2, 0.25) is 0 Å². The number of carboxylic acids is 1. The van der Waals surface area contributed by atoms with Gasteiger partial charge in [0, 0.05) is 12.1 Å². The van der Waals surface area contributed by atoms with Gasteiger partial charge in [0.1, 0.15) is 6.54 Å². The number of aliphatic carboxylic acids is 1. The lowest BCUT2D eigenvalue weighted by atomic mass is 9.73. The molecule has 0 aliphatic heterocycles. The summed E-state index contributed by atoms with van der Waals surface area (Å²) in [6.45, 7) is 4.16. The third-order valence-corrected chi connectivity index (χ3v) is 4.36. The van der Waals surface area contributed by atoms with E-state index in [4.69, 9.17) is 5.11 Å². The second-order valence-corrected chi connectivity index (χ2v) is 6.49. The van der Waals surface area contributed by atoms with Crippen LogP contribution >= 0.6 is 0 Å². The highest BCUT2D eigenvalue weighted by Gasteiger charge is 2.38. The molecule has 0 radical (unpaired) electrons. The van der Waals surface area contributed by atoms with E-state index in [-0.39, 0.29) is 30.1 Å². The van der Waals surface area contributed by atoms with Crippen molar-refractivity contribution in [1.29, 1.82) is 0 Å². The molecule has 2 aliphatic carbocycles. The Morgan fingerprint density at radius 2 is 1.95 bits per heavy atom. The van der Waals surface area contributed by atoms with E-state index >= 15 is 0 Å². The van der Waals surface area contributed by atoms with Crippen LogP contribution in [0.15, 0.2) is 0 Å². The Hall–Kier alpha value is -1.26. The predicted octanol–water partition coefficient (Wildman–Crippen LogP) is 2.21. The van der Waals surface area contributed by atoms with Crippen LogP contribution in [0.4, 0.5) is 4.79 Å². The number of carbonyl (C=O) groups excluding carboxylic acids is 1. The SMILES string of the molecule is CC1(C)CCCCC1NC(=O)N(CC(=O)O)C1CC1. The number of hydrogen-bond acceptors (Lipinski definition) is 2. The topological polar surface area (TPSA) is 69.6 Å². The molecule has 2 rings (SSSR count). The van der Waals surface area contributed by atoms with Crippen LogP contribution in [0.2, 0.25) is 0 Å². The summed E-state index contributed by atoms with van der Waals surface area (Å²) in [5.74, 6) is -0.940. The first kappa shape index (κ1) is 14.2. The molecule has 0 bridgehead atoms. The van der Waals surface area contributed by atoms with Crippen molar-refractivity contribution >= 4 is 12.0 Å². The van der Waals surface area contributed by atoms with Gasteiger partial charge in [0.15, 0.2) is 0 Å². The molecule has 2 N–H and O–H groups in total. The van der Waals surface area contributed by atoms with Crippen molar-refractivity contribution in [2.45, 2.75) is 64.5 Å². The normalized spacial score (nSPS) is 25.7. The van der Waals surface area contributed by atoms with Crippen LogP contribution in [0.5, 0.6) is 0 Å². The first-order valence-electron chi connectivity index (χ1n) is 7.19. The van der Waals surface area contributed by atoms with Gasteiger partial charge < -0.3 is 15.3 Å². The molecule has 0 aromatic rings. The van der Waals surface area contributed by atoms with Crippen molar-refractivity contribution in [2.24, 2.45) is 5.41 Å². The summed E-state index contributed by atoms with van der Waals surface area (Å²) < 4.78 is 0. The molecule has 0 heterocycles. The number of carbonyl (C=O) groups is 2. The molecular weight excluding hydrogens is 244 g/mol. The van der Waals surface area contributed by atoms with Crippen molar-refractivity contribution in [3.8, 4) is 0 Å². The highest BCUT2D eigenvalue weighted by molar-refractivity contribution is 5.81. The molecule has 5 heteroatoms. The Labute approximate surface area is 114 Å². The minimum atomic E-state index is -0.940. The van der Waals surface area contributed by atoms with E-state index in [0.29, 0.717) is 0 Å². The number of rotatable bonds is 4. The summed E-state index contributed by atoms with van der Waals surface area (Å²) in [6.07, 6.45) is 6.30. The van der Waals surface area contributed by atoms with E-state index in [2.05, 4.69) is 19.2 Å². The zero-order valence-corrected chi connectivity index (χ0v) is 11.8. The average molecular weight is 268 g/mol. The molecule has 1 atom stereocenters. The van der Waals surface area contributed by atoms with Gasteiger partial charge in [-0.3, -0.25) is 4.79 Å². The Bertz CT molecular complexity index is 364. The first-order valence-corrected chi connectivity index (χ1v) is 7.19. The summed E-state index contributed by atoms with van der Waals surface area (Å²) in [5, 5.41) is 12.0. The van der Waals surface area contributed by atoms with E-state index in [1.165, 1.54) is 11.3 Å². The van der Waals surface area contributed by atoms with Crippen molar-refractivity contribution in [2.75, 3.05) is 6.54 Å². The molecule has 0 spiro atoms. The highest BCUT2D eigenvalue weighted by atomic mass is 16.4. The maximum atomic E-state index is 12.3. The average Bonchev–Trinajstić information content (AvgIpc) is 3.12. The molecule has 2 saturated carbocycles. The van der Waals surface area contributed by atoms with Gasteiger partial charge in [-0.05, 0) is 31.1 Å². The van der Waals surface area contributed by atoms with E-state index in [1.54, 1.807) is 0 Å². The van der Waals surface area contributed by atoms with Crippen molar-refractivity contribution in [3.63, 3.8) is 0 Å². The molecule has 0 saturated heterocycles. The van der Waals surface area contributed by atoms with Crippen molar-refractivity contribution < 1.29 is 14.7 Å². The van der Waals surface area contributed by atoms with Crippen LogP contribution in [0.1, 0.15) is 52.4 Å². The summed E-state index contributed by atoms with van der Waals surface area (Å²) in [7, 11) is 0. The van der Waals surface area contributed by atoms with Gasteiger partial charge in [-0.25, -0.2) is 4.79 Å². The Kier molecular flexibility index (Phi) is 4.02. The molecule has 19 heavy (non-hydrogen) atoms. The van der Waals surface area contributed by atoms with E-state index in [0.717, 1.165) is 32.1 Å². The lowest BCUT2D eigenvalue weighted by Crippen LogP contribution is -2.53. The van der Waals surface area contributed by atoms with Gasteiger partial charge in [-0.2, -0.15) is 0 Å². The molecule has 5 nitrogen and oxygen atoms in total. The maximum Gasteiger partial charge on any atom is 0.323 e. The van der Waals surface area contributed by atoms with Crippen LogP contribution in [0, 0.1) is 5.41 Å². The quantitative estimate of drug-likeness (QED) is 0.821. The van der Waals surface area contributed by atoms with Gasteiger partial charge in [-0.1, -0.05) is 26.7 Å². The Balaban J connectivity index is 1.96. The summed E-state index contributed by atoms with van der Waals surface area (Å²) in [6, 6.07) is 0.0801. The fourth-order valence-corrected chi connectivity index (χ4v) is 2.89. The Morgan fingerprint density at radius 1 is 1.26 bits per heavy atom. The number of urea groups is 1. The largest absolute Gasteiger partial charge is 0.480 e. The van der Waals surface area contributed by atoms with Crippen LogP contribution in [-0.4, -0.2) is 40.6 Å². The molecule has 108 valence electrons. The van der Waals surface area contributed by atoms with Crippen LogP contribution in [-0.2, 0) is 4.79 Å². The molecule has 2 amide bonds. The number of nitrogens with zero attached hydrogens (tertiary/aromatic N) is 1. The van der Waals surface area contributed by atoms with E-state index in [9.17, 15) is 9.59 Å². The molecule has 2 aliphatic rings. The Morgan fingerprint density at radius 3 is 2.47 bits per heavy atom. The molecule has 1 unspecified atom stereocenters. The monoisotopic (exact) mass is 268 g/mol. The van der Waals surface area contributed by atoms with Gasteiger partial charge in [0.25, 0.3) is 0 Å². The van der Waals surface area contributed by atoms with Crippen LogP contribution < -0.4 is 5.32 Å². The third-order valence-electron chi connectivity index (χ3n) is 4.36. The molecule has 0 aromatic heterocycles. The lowest BCUT2D eigenvalue weighted by Gasteiger charge is -2.40. The second-order valence-electron chi connectivity index (χ2n) is 6.49. The molecule has 2 fully saturated rings. The fourth-order valence-electron chi connectivity index (χ4n) is 2.89. The molecule has 0 aromatic carbocycles. The van der Waals surface area contributed by atoms with Gasteiger partial charge in [0.05, 0.1) is 0 Å². The minimum absolute atomic E-state index is 0.104. The maximum absolute atomic E-state index is 12.3. The van der Waals surface area contributed by atoms with Crippen LogP contribution in [0.25, 0.3) is 0 Å². The predicted molar refractivity (Wildman–Crippen MR) is 71.9 cm³/mol. The second kappa shape index (κ2) is 5.39. The lowest BCUT2D eigenvalue weighted by molar-refractivity contribution is -0.137.